The molecule has 0 aromatic carbocycles. The van der Waals surface area contributed by atoms with Crippen LogP contribution >= 0.6 is 0 Å². The van der Waals surface area contributed by atoms with Crippen LogP contribution in [-0.2, 0) is 28.6 Å². The lowest BCUT2D eigenvalue weighted by Crippen LogP contribution is -2.30. The van der Waals surface area contributed by atoms with Gasteiger partial charge in [-0.05, 0) is 83.5 Å². The third-order valence-electron chi connectivity index (χ3n) is 10.1. The van der Waals surface area contributed by atoms with Crippen LogP contribution in [0, 0.1) is 0 Å². The molecule has 1 unspecified atom stereocenters. The largest absolute Gasteiger partial charge is 0.462 e. The lowest BCUT2D eigenvalue weighted by atomic mass is 10.1. The van der Waals surface area contributed by atoms with Crippen LogP contribution in [0.1, 0.15) is 201 Å². The summed E-state index contributed by atoms with van der Waals surface area (Å²) in [5.41, 5.74) is 0. The fraction of sp³-hybridized carbons (Fsp3) is 0.596. The van der Waals surface area contributed by atoms with Gasteiger partial charge in [-0.25, -0.2) is 0 Å². The van der Waals surface area contributed by atoms with Gasteiger partial charge >= 0.3 is 17.9 Å². The van der Waals surface area contributed by atoms with Crippen LogP contribution < -0.4 is 0 Å². The molecular weight excluding hydrogens is 781 g/mol. The number of ether oxygens (including phenoxy) is 3. The van der Waals surface area contributed by atoms with Crippen molar-refractivity contribution in [2.45, 2.75) is 207 Å². The van der Waals surface area contributed by atoms with Crippen molar-refractivity contribution in [1.29, 1.82) is 0 Å². The van der Waals surface area contributed by atoms with E-state index in [-0.39, 0.29) is 31.1 Å². The lowest BCUT2D eigenvalue weighted by molar-refractivity contribution is -0.167. The Bertz CT molecular complexity index is 1370. The Morgan fingerprint density at radius 3 is 1.10 bits per heavy atom. The van der Waals surface area contributed by atoms with E-state index in [9.17, 15) is 14.4 Å². The zero-order valence-corrected chi connectivity index (χ0v) is 40.3. The molecule has 0 aromatic rings. The van der Waals surface area contributed by atoms with E-state index in [1.807, 2.05) is 72.9 Å². The normalized spacial score (nSPS) is 13.1. The van der Waals surface area contributed by atoms with Crippen LogP contribution in [0.25, 0.3) is 0 Å². The molecule has 0 N–H and O–H groups in total. The van der Waals surface area contributed by atoms with Crippen LogP contribution in [-0.4, -0.2) is 37.2 Å². The highest BCUT2D eigenvalue weighted by atomic mass is 16.6. The molecule has 0 radical (unpaired) electrons. The second-order valence-corrected chi connectivity index (χ2v) is 16.2. The van der Waals surface area contributed by atoms with Crippen LogP contribution in [0.4, 0.5) is 0 Å². The summed E-state index contributed by atoms with van der Waals surface area (Å²) in [4.78, 5) is 37.9. The Morgan fingerprint density at radius 2 is 0.651 bits per heavy atom. The van der Waals surface area contributed by atoms with Crippen LogP contribution in [0.15, 0.2) is 122 Å². The van der Waals surface area contributed by atoms with E-state index < -0.39 is 6.10 Å². The first-order valence-electron chi connectivity index (χ1n) is 25.2. The maximum absolute atomic E-state index is 12.8. The van der Waals surface area contributed by atoms with Gasteiger partial charge in [-0.15, -0.1) is 0 Å². The molecule has 0 heterocycles. The molecule has 0 aliphatic heterocycles. The van der Waals surface area contributed by atoms with Crippen molar-refractivity contribution in [2.75, 3.05) is 13.2 Å². The molecule has 354 valence electrons. The second-order valence-electron chi connectivity index (χ2n) is 16.2. The second kappa shape index (κ2) is 50.5. The number of hydrogen-bond donors (Lipinski definition) is 0. The SMILES string of the molecule is CC\C=C/C=C\C=C/C=C\C=C\C=C/C=C\CCCCCC(=O)OCC(COC(=O)CCCCCCC/C=C\CCCC)OC(=O)CCCCCCCC/C=C\C=C/CCCCC. The van der Waals surface area contributed by atoms with Gasteiger partial charge < -0.3 is 14.2 Å². The van der Waals surface area contributed by atoms with Gasteiger partial charge in [0.05, 0.1) is 0 Å². The molecule has 0 saturated carbocycles. The summed E-state index contributed by atoms with van der Waals surface area (Å²) in [6, 6.07) is 0. The van der Waals surface area contributed by atoms with Gasteiger partial charge in [0.25, 0.3) is 0 Å². The van der Waals surface area contributed by atoms with Crippen molar-refractivity contribution >= 4 is 17.9 Å². The number of rotatable bonds is 43. The minimum Gasteiger partial charge on any atom is -0.462 e. The smallest absolute Gasteiger partial charge is 0.306 e. The summed E-state index contributed by atoms with van der Waals surface area (Å²) < 4.78 is 16.7. The Kier molecular flexibility index (Phi) is 47.1. The quantitative estimate of drug-likeness (QED) is 0.0200. The highest BCUT2D eigenvalue weighted by Crippen LogP contribution is 2.13. The van der Waals surface area contributed by atoms with Crippen molar-refractivity contribution in [2.24, 2.45) is 0 Å². The van der Waals surface area contributed by atoms with Crippen molar-refractivity contribution < 1.29 is 28.6 Å². The first-order valence-corrected chi connectivity index (χ1v) is 25.2. The molecule has 0 aromatic heterocycles. The van der Waals surface area contributed by atoms with E-state index in [0.717, 1.165) is 103 Å². The minimum absolute atomic E-state index is 0.106. The summed E-state index contributed by atoms with van der Waals surface area (Å²) in [6.45, 7) is 6.34. The first kappa shape index (κ1) is 58.8. The maximum atomic E-state index is 12.8. The van der Waals surface area contributed by atoms with Crippen LogP contribution in [0.3, 0.4) is 0 Å². The number of unbranched alkanes of at least 4 members (excludes halogenated alkanes) is 19. The van der Waals surface area contributed by atoms with E-state index in [4.69, 9.17) is 14.2 Å². The molecule has 0 spiro atoms. The summed E-state index contributed by atoms with van der Waals surface area (Å²) in [5.74, 6) is -0.983. The van der Waals surface area contributed by atoms with Gasteiger partial charge in [0.15, 0.2) is 6.10 Å². The van der Waals surface area contributed by atoms with Gasteiger partial charge in [0, 0.05) is 19.3 Å². The number of carbonyl (C=O) groups excluding carboxylic acids is 3. The van der Waals surface area contributed by atoms with Gasteiger partial charge in [0.1, 0.15) is 13.2 Å². The summed E-state index contributed by atoms with van der Waals surface area (Å²) in [6.07, 6.45) is 68.8. The van der Waals surface area contributed by atoms with Gasteiger partial charge in [-0.3, -0.25) is 14.4 Å². The Morgan fingerprint density at radius 1 is 0.333 bits per heavy atom. The average Bonchev–Trinajstić information content (AvgIpc) is 3.28. The zero-order chi connectivity index (χ0) is 45.8. The maximum Gasteiger partial charge on any atom is 0.306 e. The molecular formula is C57H90O6. The lowest BCUT2D eigenvalue weighted by Gasteiger charge is -2.18. The molecule has 0 saturated heterocycles. The third-order valence-corrected chi connectivity index (χ3v) is 10.1. The molecule has 1 atom stereocenters. The number of hydrogen-bond acceptors (Lipinski definition) is 6. The summed E-state index contributed by atoms with van der Waals surface area (Å²) in [5, 5.41) is 0. The predicted molar refractivity (Wildman–Crippen MR) is 269 cm³/mol. The van der Waals surface area contributed by atoms with E-state index in [1.54, 1.807) is 0 Å². The van der Waals surface area contributed by atoms with Crippen LogP contribution in [0.2, 0.25) is 0 Å². The Hall–Kier alpha value is -4.19. The molecule has 6 heteroatoms. The topological polar surface area (TPSA) is 78.9 Å². The third kappa shape index (κ3) is 48.7. The van der Waals surface area contributed by atoms with Crippen molar-refractivity contribution in [1.82, 2.24) is 0 Å². The highest BCUT2D eigenvalue weighted by Gasteiger charge is 2.19. The van der Waals surface area contributed by atoms with Crippen molar-refractivity contribution in [3.05, 3.63) is 122 Å². The van der Waals surface area contributed by atoms with Crippen LogP contribution in [0.5, 0.6) is 0 Å². The van der Waals surface area contributed by atoms with E-state index >= 15 is 0 Å². The number of esters is 3. The fourth-order valence-corrected chi connectivity index (χ4v) is 6.34. The standard InChI is InChI=1S/C57H90O6/c1-4-7-10-13-16-19-22-24-26-27-28-29-31-32-35-38-41-44-47-50-56(59)62-53-54(52-61-55(58)49-46-43-40-37-34-21-18-15-12-9-6-3)63-57(60)51-48-45-42-39-36-33-30-25-23-20-17-14-11-8-5-2/h7,10,13,15-20,22-29,31-32,35,54H,4-6,8-9,11-12,14,21,30,33-34,36-53H2,1-3H3/b10-7-,16-13-,18-15-,20-17-,22-19-,25-23-,26-24-,28-27+,31-29-,35-32-. The minimum atomic E-state index is -0.809. The molecule has 0 aliphatic carbocycles. The Balaban J connectivity index is 4.53. The molecule has 63 heavy (non-hydrogen) atoms. The van der Waals surface area contributed by atoms with Gasteiger partial charge in [-0.2, -0.15) is 0 Å². The van der Waals surface area contributed by atoms with Gasteiger partial charge in [0.2, 0.25) is 0 Å². The molecule has 0 fully saturated rings. The number of carbonyl (C=O) groups is 3. The first-order chi connectivity index (χ1) is 31.0. The fourth-order valence-electron chi connectivity index (χ4n) is 6.34. The Labute approximate surface area is 386 Å². The van der Waals surface area contributed by atoms with Gasteiger partial charge in [-0.1, -0.05) is 219 Å². The summed E-state index contributed by atoms with van der Waals surface area (Å²) in [7, 11) is 0. The molecule has 0 rings (SSSR count). The number of allylic oxidation sites excluding steroid dienone is 20. The zero-order valence-electron chi connectivity index (χ0n) is 40.3. The van der Waals surface area contributed by atoms with Crippen molar-refractivity contribution in [3.8, 4) is 0 Å². The molecule has 0 bridgehead atoms. The summed E-state index contributed by atoms with van der Waals surface area (Å²) >= 11 is 0. The molecule has 0 amide bonds. The predicted octanol–water partition coefficient (Wildman–Crippen LogP) is 16.5. The monoisotopic (exact) mass is 871 g/mol. The molecule has 6 nitrogen and oxygen atoms in total. The van der Waals surface area contributed by atoms with E-state index in [2.05, 4.69) is 69.4 Å². The average molecular weight is 871 g/mol. The van der Waals surface area contributed by atoms with E-state index in [0.29, 0.717) is 19.3 Å². The van der Waals surface area contributed by atoms with E-state index in [1.165, 1.54) is 57.8 Å². The highest BCUT2D eigenvalue weighted by molar-refractivity contribution is 5.71. The molecule has 0 aliphatic rings. The van der Waals surface area contributed by atoms with Crippen molar-refractivity contribution in [3.63, 3.8) is 0 Å².